The van der Waals surface area contributed by atoms with Crippen LogP contribution >= 0.6 is 0 Å². The van der Waals surface area contributed by atoms with Gasteiger partial charge >= 0.3 is 0 Å². The molecule has 4 fully saturated rings. The first kappa shape index (κ1) is 14.1. The molecule has 0 radical (unpaired) electrons. The summed E-state index contributed by atoms with van der Waals surface area (Å²) in [7, 11) is -0.630. The first-order valence-electron chi connectivity index (χ1n) is 8.11. The van der Waals surface area contributed by atoms with E-state index >= 15 is 0 Å². The Bertz CT molecular complexity index is 319. The third-order valence-corrected chi connectivity index (χ3v) is 6.93. The zero-order valence-corrected chi connectivity index (χ0v) is 13.3. The molecule has 110 valence electrons. The van der Waals surface area contributed by atoms with Crippen molar-refractivity contribution in [2.45, 2.75) is 57.9 Å². The van der Waals surface area contributed by atoms with Gasteiger partial charge in [-0.25, -0.2) is 0 Å². The van der Waals surface area contributed by atoms with Crippen LogP contribution in [0.1, 0.15) is 51.9 Å². The van der Waals surface area contributed by atoms with Gasteiger partial charge in [-0.2, -0.15) is 0 Å². The molecule has 4 rings (SSSR count). The first-order chi connectivity index (χ1) is 9.07. The summed E-state index contributed by atoms with van der Waals surface area (Å²) in [5, 5.41) is 3.76. The van der Waals surface area contributed by atoms with Crippen LogP contribution in [0.2, 0.25) is 0 Å². The van der Waals surface area contributed by atoms with Crippen LogP contribution in [0, 0.1) is 23.2 Å². The van der Waals surface area contributed by atoms with E-state index in [0.717, 1.165) is 36.5 Å². The third-order valence-electron chi connectivity index (χ3n) is 6.06. The molecule has 0 heterocycles. The maximum Gasteiger partial charge on any atom is 0.0244 e. The molecule has 1 N–H and O–H groups in total. The van der Waals surface area contributed by atoms with Gasteiger partial charge in [0.15, 0.2) is 0 Å². The van der Waals surface area contributed by atoms with Gasteiger partial charge in [-0.1, -0.05) is 0 Å². The summed E-state index contributed by atoms with van der Waals surface area (Å²) in [6.07, 6.45) is 11.9. The van der Waals surface area contributed by atoms with Gasteiger partial charge in [-0.15, -0.1) is 0 Å². The molecule has 4 aliphatic carbocycles. The Morgan fingerprint density at radius 2 is 1.68 bits per heavy atom. The Hall–Kier alpha value is 0.110. The molecular formula is C16H29NOS. The van der Waals surface area contributed by atoms with Crippen LogP contribution in [0.15, 0.2) is 0 Å². The van der Waals surface area contributed by atoms with Gasteiger partial charge in [0.25, 0.3) is 0 Å². The molecule has 3 heteroatoms. The normalized spacial score (nSPS) is 43.4. The van der Waals surface area contributed by atoms with E-state index in [2.05, 4.69) is 12.2 Å². The fraction of sp³-hybridized carbons (Fsp3) is 1.00. The van der Waals surface area contributed by atoms with Crippen LogP contribution in [0.25, 0.3) is 0 Å². The summed E-state index contributed by atoms with van der Waals surface area (Å²) < 4.78 is 11.1. The maximum atomic E-state index is 11.1. The third kappa shape index (κ3) is 2.92. The monoisotopic (exact) mass is 283 g/mol. The summed E-state index contributed by atoms with van der Waals surface area (Å²) >= 11 is 0. The second kappa shape index (κ2) is 5.48. The largest absolute Gasteiger partial charge is 0.314 e. The van der Waals surface area contributed by atoms with Crippen molar-refractivity contribution >= 4 is 10.8 Å². The Morgan fingerprint density at radius 3 is 2.16 bits per heavy atom. The van der Waals surface area contributed by atoms with Crippen molar-refractivity contribution < 1.29 is 4.21 Å². The fourth-order valence-electron chi connectivity index (χ4n) is 5.52. The minimum absolute atomic E-state index is 0.611. The van der Waals surface area contributed by atoms with E-state index in [9.17, 15) is 4.21 Å². The zero-order valence-electron chi connectivity index (χ0n) is 12.5. The highest BCUT2D eigenvalue weighted by molar-refractivity contribution is 7.84. The van der Waals surface area contributed by atoms with E-state index in [1.54, 1.807) is 0 Å². The van der Waals surface area contributed by atoms with E-state index in [4.69, 9.17) is 0 Å². The molecule has 0 spiro atoms. The smallest absolute Gasteiger partial charge is 0.0244 e. The van der Waals surface area contributed by atoms with E-state index in [1.165, 1.54) is 38.5 Å². The van der Waals surface area contributed by atoms with Crippen LogP contribution in [-0.2, 0) is 10.8 Å². The Kier molecular flexibility index (Phi) is 4.05. The number of hydrogen-bond acceptors (Lipinski definition) is 2. The zero-order chi connectivity index (χ0) is 13.5. The highest BCUT2D eigenvalue weighted by atomic mass is 32.2. The molecule has 2 unspecified atom stereocenters. The molecule has 0 aliphatic heterocycles. The van der Waals surface area contributed by atoms with Gasteiger partial charge < -0.3 is 5.32 Å². The summed E-state index contributed by atoms with van der Waals surface area (Å²) in [6.45, 7) is 3.46. The number of nitrogens with one attached hydrogen (secondary N) is 1. The van der Waals surface area contributed by atoms with Gasteiger partial charge in [0.05, 0.1) is 0 Å². The highest BCUT2D eigenvalue weighted by Crippen LogP contribution is 2.61. The molecule has 0 aromatic carbocycles. The maximum absolute atomic E-state index is 11.1. The minimum Gasteiger partial charge on any atom is -0.314 e. The van der Waals surface area contributed by atoms with Crippen LogP contribution in [-0.4, -0.2) is 28.8 Å². The Morgan fingerprint density at radius 1 is 1.16 bits per heavy atom. The number of hydrogen-bond donors (Lipinski definition) is 1. The van der Waals surface area contributed by atoms with Crippen molar-refractivity contribution in [3.8, 4) is 0 Å². The van der Waals surface area contributed by atoms with E-state index in [0.29, 0.717) is 11.5 Å². The van der Waals surface area contributed by atoms with Crippen LogP contribution in [0.5, 0.6) is 0 Å². The van der Waals surface area contributed by atoms with Gasteiger partial charge in [0.2, 0.25) is 0 Å². The summed E-state index contributed by atoms with van der Waals surface area (Å²) in [4.78, 5) is 0. The summed E-state index contributed by atoms with van der Waals surface area (Å²) in [6, 6.07) is 0.659. The van der Waals surface area contributed by atoms with E-state index < -0.39 is 10.8 Å². The minimum atomic E-state index is -0.630. The Labute approximate surface area is 120 Å². The molecule has 4 aliphatic rings. The lowest BCUT2D eigenvalue weighted by molar-refractivity contribution is -0.0702. The van der Waals surface area contributed by atoms with Crippen molar-refractivity contribution in [1.29, 1.82) is 0 Å². The predicted molar refractivity (Wildman–Crippen MR) is 81.6 cm³/mol. The average molecular weight is 283 g/mol. The standard InChI is InChI=1S/C16H29NOS/c1-12(17-4-3-5-19(2)18)16-9-13-6-14(10-16)8-15(7-13)11-16/h12-15,17H,3-11H2,1-2H3. The second-order valence-electron chi connectivity index (χ2n) is 7.59. The highest BCUT2D eigenvalue weighted by Gasteiger charge is 2.52. The van der Waals surface area contributed by atoms with Crippen molar-refractivity contribution in [2.24, 2.45) is 23.2 Å². The number of rotatable bonds is 6. The lowest BCUT2D eigenvalue weighted by Gasteiger charge is -2.59. The molecule has 4 saturated carbocycles. The van der Waals surface area contributed by atoms with E-state index in [1.807, 2.05) is 6.26 Å². The SMILES string of the molecule is CC(NCCCS(C)=O)C12CC3CC(CC(C3)C1)C2. The summed E-state index contributed by atoms with van der Waals surface area (Å²) in [5.41, 5.74) is 0.611. The van der Waals surface area contributed by atoms with Crippen LogP contribution < -0.4 is 5.32 Å². The lowest BCUT2D eigenvalue weighted by atomic mass is 9.48. The Balaban J connectivity index is 1.54. The molecule has 2 nitrogen and oxygen atoms in total. The quantitative estimate of drug-likeness (QED) is 0.759. The van der Waals surface area contributed by atoms with Crippen LogP contribution in [0.4, 0.5) is 0 Å². The molecule has 19 heavy (non-hydrogen) atoms. The molecule has 0 aromatic rings. The molecule has 0 amide bonds. The van der Waals surface area contributed by atoms with Gasteiger partial charge in [0.1, 0.15) is 0 Å². The molecule has 4 bridgehead atoms. The van der Waals surface area contributed by atoms with Crippen LogP contribution in [0.3, 0.4) is 0 Å². The molecule has 0 saturated heterocycles. The van der Waals surface area contributed by atoms with E-state index in [-0.39, 0.29) is 0 Å². The predicted octanol–water partition coefficient (Wildman–Crippen LogP) is 2.95. The molecule has 2 atom stereocenters. The van der Waals surface area contributed by atoms with Crippen molar-refractivity contribution in [1.82, 2.24) is 5.32 Å². The fourth-order valence-corrected chi connectivity index (χ4v) is 6.07. The average Bonchev–Trinajstić information content (AvgIpc) is 2.32. The second-order valence-corrected chi connectivity index (χ2v) is 9.14. The first-order valence-corrected chi connectivity index (χ1v) is 9.83. The van der Waals surface area contributed by atoms with Gasteiger partial charge in [0, 0.05) is 28.9 Å². The van der Waals surface area contributed by atoms with Gasteiger partial charge in [-0.05, 0) is 81.6 Å². The summed E-state index contributed by atoms with van der Waals surface area (Å²) in [5.74, 6) is 3.97. The van der Waals surface area contributed by atoms with Gasteiger partial charge in [-0.3, -0.25) is 4.21 Å². The van der Waals surface area contributed by atoms with Crippen molar-refractivity contribution in [3.63, 3.8) is 0 Å². The molecule has 0 aromatic heterocycles. The van der Waals surface area contributed by atoms with Crippen molar-refractivity contribution in [3.05, 3.63) is 0 Å². The lowest BCUT2D eigenvalue weighted by Crippen LogP contribution is -2.55. The van der Waals surface area contributed by atoms with Crippen molar-refractivity contribution in [2.75, 3.05) is 18.6 Å². The topological polar surface area (TPSA) is 29.1 Å². The molecular weight excluding hydrogens is 254 g/mol.